The fraction of sp³-hybridized carbons (Fsp3) is 0.500. The highest BCUT2D eigenvalue weighted by Gasteiger charge is 2.45. The van der Waals surface area contributed by atoms with Crippen LogP contribution in [0.1, 0.15) is 31.4 Å². The van der Waals surface area contributed by atoms with Gasteiger partial charge in [-0.1, -0.05) is 13.0 Å². The number of nitrogens with two attached hydrogens (primary N) is 1. The van der Waals surface area contributed by atoms with Crippen molar-refractivity contribution in [3.8, 4) is 0 Å². The highest BCUT2D eigenvalue weighted by atomic mass is 16.3. The molecule has 1 aromatic heterocycles. The number of aromatic nitrogens is 1. The third-order valence-electron chi connectivity index (χ3n) is 2.86. The van der Waals surface area contributed by atoms with Crippen LogP contribution in [-0.4, -0.2) is 10.1 Å². The Hall–Kier alpha value is -1.09. The fourth-order valence-electron chi connectivity index (χ4n) is 1.51. The van der Waals surface area contributed by atoms with Crippen LogP contribution < -0.4 is 5.73 Å². The topological polar surface area (TPSA) is 59.1 Å². The molecule has 3 nitrogen and oxygen atoms in total. The van der Waals surface area contributed by atoms with Crippen LogP contribution in [0, 0.1) is 5.41 Å². The van der Waals surface area contributed by atoms with Gasteiger partial charge in [-0.15, -0.1) is 0 Å². The van der Waals surface area contributed by atoms with E-state index in [4.69, 9.17) is 5.73 Å². The zero-order valence-corrected chi connectivity index (χ0v) is 7.70. The quantitative estimate of drug-likeness (QED) is 0.721. The van der Waals surface area contributed by atoms with Gasteiger partial charge in [-0.25, -0.2) is 4.98 Å². The Morgan fingerprint density at radius 1 is 1.62 bits per heavy atom. The molecule has 1 unspecified atom stereocenters. The Bertz CT molecular complexity index is 320. The van der Waals surface area contributed by atoms with Gasteiger partial charge in [0.1, 0.15) is 5.82 Å². The van der Waals surface area contributed by atoms with Gasteiger partial charge in [-0.05, 0) is 24.3 Å². The second kappa shape index (κ2) is 2.70. The van der Waals surface area contributed by atoms with Crippen LogP contribution in [0.3, 0.4) is 0 Å². The van der Waals surface area contributed by atoms with Gasteiger partial charge in [0.25, 0.3) is 0 Å². The number of nitrogens with zero attached hydrogens (tertiary/aromatic N) is 1. The number of hydrogen-bond acceptors (Lipinski definition) is 3. The van der Waals surface area contributed by atoms with E-state index in [1.165, 1.54) is 0 Å². The standard InChI is InChI=1S/C10H14N2O/c1-10(4-5-10)8(13)7-3-2-6-12-9(7)11/h2-3,6,8,13H,4-5H2,1H3,(H2,11,12). The number of hydrogen-bond donors (Lipinski definition) is 2. The normalized spacial score (nSPS) is 21.1. The maximum Gasteiger partial charge on any atom is 0.129 e. The number of anilines is 1. The third-order valence-corrected chi connectivity index (χ3v) is 2.86. The fourth-order valence-corrected chi connectivity index (χ4v) is 1.51. The Labute approximate surface area is 77.6 Å². The first kappa shape index (κ1) is 8.51. The van der Waals surface area contributed by atoms with E-state index in [0.717, 1.165) is 18.4 Å². The molecular formula is C10H14N2O. The molecule has 0 radical (unpaired) electrons. The number of aliphatic hydroxyl groups excluding tert-OH is 1. The molecule has 70 valence electrons. The lowest BCUT2D eigenvalue weighted by Crippen LogP contribution is -2.12. The highest BCUT2D eigenvalue weighted by Crippen LogP contribution is 2.54. The minimum Gasteiger partial charge on any atom is -0.388 e. The summed E-state index contributed by atoms with van der Waals surface area (Å²) in [5.41, 5.74) is 6.48. The Kier molecular flexibility index (Phi) is 1.77. The average Bonchev–Trinajstić information content (AvgIpc) is 2.85. The van der Waals surface area contributed by atoms with E-state index in [2.05, 4.69) is 11.9 Å². The molecule has 2 rings (SSSR count). The van der Waals surface area contributed by atoms with E-state index in [1.54, 1.807) is 12.3 Å². The molecule has 1 heterocycles. The van der Waals surface area contributed by atoms with Crippen LogP contribution in [-0.2, 0) is 0 Å². The number of aliphatic hydroxyl groups is 1. The Morgan fingerprint density at radius 2 is 2.31 bits per heavy atom. The zero-order valence-electron chi connectivity index (χ0n) is 7.70. The maximum absolute atomic E-state index is 9.98. The van der Waals surface area contributed by atoms with Gasteiger partial charge in [0, 0.05) is 11.8 Å². The molecule has 0 spiro atoms. The summed E-state index contributed by atoms with van der Waals surface area (Å²) in [5.74, 6) is 0.447. The van der Waals surface area contributed by atoms with E-state index in [-0.39, 0.29) is 5.41 Å². The van der Waals surface area contributed by atoms with Crippen LogP contribution in [0.4, 0.5) is 5.82 Å². The van der Waals surface area contributed by atoms with Crippen molar-refractivity contribution in [2.45, 2.75) is 25.9 Å². The lowest BCUT2D eigenvalue weighted by molar-refractivity contribution is 0.104. The molecule has 1 fully saturated rings. The molecule has 1 saturated carbocycles. The van der Waals surface area contributed by atoms with Gasteiger partial charge in [0.15, 0.2) is 0 Å². The first-order valence-electron chi connectivity index (χ1n) is 4.52. The van der Waals surface area contributed by atoms with Gasteiger partial charge in [-0.3, -0.25) is 0 Å². The number of nitrogen functional groups attached to an aromatic ring is 1. The summed E-state index contributed by atoms with van der Waals surface area (Å²) in [4.78, 5) is 3.96. The molecule has 1 atom stereocenters. The summed E-state index contributed by atoms with van der Waals surface area (Å²) in [6.07, 6.45) is 3.33. The van der Waals surface area contributed by atoms with E-state index in [1.807, 2.05) is 6.07 Å². The van der Waals surface area contributed by atoms with Crippen molar-refractivity contribution < 1.29 is 5.11 Å². The van der Waals surface area contributed by atoms with Gasteiger partial charge in [-0.2, -0.15) is 0 Å². The Morgan fingerprint density at radius 3 is 2.85 bits per heavy atom. The van der Waals surface area contributed by atoms with E-state index < -0.39 is 6.10 Å². The monoisotopic (exact) mass is 178 g/mol. The van der Waals surface area contributed by atoms with Crippen molar-refractivity contribution in [3.05, 3.63) is 23.9 Å². The molecule has 1 aliphatic carbocycles. The van der Waals surface area contributed by atoms with Crippen molar-refractivity contribution in [2.24, 2.45) is 5.41 Å². The van der Waals surface area contributed by atoms with Gasteiger partial charge >= 0.3 is 0 Å². The molecule has 3 N–H and O–H groups in total. The molecule has 13 heavy (non-hydrogen) atoms. The summed E-state index contributed by atoms with van der Waals surface area (Å²) in [6.45, 7) is 2.07. The van der Waals surface area contributed by atoms with Gasteiger partial charge < -0.3 is 10.8 Å². The van der Waals surface area contributed by atoms with Crippen molar-refractivity contribution in [2.75, 3.05) is 5.73 Å². The minimum absolute atomic E-state index is 0.0388. The van der Waals surface area contributed by atoms with Gasteiger partial charge in [0.2, 0.25) is 0 Å². The van der Waals surface area contributed by atoms with Crippen LogP contribution in [0.2, 0.25) is 0 Å². The Balaban J connectivity index is 2.30. The predicted molar refractivity (Wildman–Crippen MR) is 51.0 cm³/mol. The predicted octanol–water partition coefficient (Wildman–Crippen LogP) is 1.50. The summed E-state index contributed by atoms with van der Waals surface area (Å²) < 4.78 is 0. The highest BCUT2D eigenvalue weighted by molar-refractivity contribution is 5.41. The largest absolute Gasteiger partial charge is 0.388 e. The molecule has 3 heteroatoms. The van der Waals surface area contributed by atoms with E-state index in [9.17, 15) is 5.11 Å². The van der Waals surface area contributed by atoms with Crippen molar-refractivity contribution in [1.29, 1.82) is 0 Å². The van der Waals surface area contributed by atoms with Crippen molar-refractivity contribution in [3.63, 3.8) is 0 Å². The third kappa shape index (κ3) is 1.40. The second-order valence-corrected chi connectivity index (χ2v) is 4.03. The first-order valence-corrected chi connectivity index (χ1v) is 4.52. The first-order chi connectivity index (χ1) is 6.13. The molecule has 0 amide bonds. The molecule has 0 aliphatic heterocycles. The minimum atomic E-state index is -0.457. The van der Waals surface area contributed by atoms with Crippen molar-refractivity contribution >= 4 is 5.82 Å². The van der Waals surface area contributed by atoms with Crippen molar-refractivity contribution in [1.82, 2.24) is 4.98 Å². The molecule has 1 aromatic rings. The van der Waals surface area contributed by atoms with Crippen LogP contribution >= 0.6 is 0 Å². The summed E-state index contributed by atoms with van der Waals surface area (Å²) in [6, 6.07) is 3.65. The van der Waals surface area contributed by atoms with E-state index >= 15 is 0 Å². The molecule has 0 aromatic carbocycles. The smallest absolute Gasteiger partial charge is 0.129 e. The maximum atomic E-state index is 9.98. The molecule has 0 saturated heterocycles. The van der Waals surface area contributed by atoms with Crippen LogP contribution in [0.15, 0.2) is 18.3 Å². The SMILES string of the molecule is CC1(C(O)c2cccnc2N)CC1. The van der Waals surface area contributed by atoms with Crippen LogP contribution in [0.5, 0.6) is 0 Å². The molecule has 1 aliphatic rings. The lowest BCUT2D eigenvalue weighted by Gasteiger charge is -2.18. The molecular weight excluding hydrogens is 164 g/mol. The molecule has 0 bridgehead atoms. The average molecular weight is 178 g/mol. The van der Waals surface area contributed by atoms with E-state index in [0.29, 0.717) is 5.82 Å². The summed E-state index contributed by atoms with van der Waals surface area (Å²) >= 11 is 0. The van der Waals surface area contributed by atoms with Crippen LogP contribution in [0.25, 0.3) is 0 Å². The lowest BCUT2D eigenvalue weighted by atomic mass is 9.95. The summed E-state index contributed by atoms with van der Waals surface area (Å²) in [5, 5.41) is 9.98. The van der Waals surface area contributed by atoms with Gasteiger partial charge in [0.05, 0.1) is 6.10 Å². The zero-order chi connectivity index (χ0) is 9.47. The summed E-state index contributed by atoms with van der Waals surface area (Å²) in [7, 11) is 0. The second-order valence-electron chi connectivity index (χ2n) is 4.03. The number of pyridine rings is 1. The number of rotatable bonds is 2.